The number of nitrogens with zero attached hydrogens (tertiary/aromatic N) is 2. The van der Waals surface area contributed by atoms with Crippen molar-refractivity contribution in [3.8, 4) is 5.75 Å². The Balaban J connectivity index is 1.32. The number of rotatable bonds is 8. The number of alkyl halides is 6. The van der Waals surface area contributed by atoms with Crippen molar-refractivity contribution in [1.82, 2.24) is 5.01 Å². The number of nitrogens with one attached hydrogen (secondary N) is 1. The van der Waals surface area contributed by atoms with Crippen molar-refractivity contribution < 1.29 is 59.8 Å². The molecule has 4 amide bonds. The van der Waals surface area contributed by atoms with Gasteiger partial charge in [-0.15, -0.1) is 0 Å². The van der Waals surface area contributed by atoms with Crippen molar-refractivity contribution in [2.75, 3.05) is 23.5 Å². The van der Waals surface area contributed by atoms with E-state index in [9.17, 15) is 50.2 Å². The average Bonchev–Trinajstić information content (AvgIpc) is 3.58. The number of carbonyl (C=O) groups excluding carboxylic acids is 4. The standard InChI is InChI=1S/C42H31ClF7N3O6/c43-24-7-5-21(6-8-24)40-32(37(56)53(39(40)58)51-26-11-9-25(44)10-12-26)20-31-28(35(40)29-3-1-2-4-33(29)59-16-15-54)13-14-30-34(31)38(57)52(36(30)55)27-18-22(41(45,46)47)17-23(19-27)42(48,49)50/h1-13,17-19,30-32,34-35,51,54H,14-16,20H2/t30-,31+,32-,34-,35+,40+/m0/s1. The Morgan fingerprint density at radius 2 is 1.46 bits per heavy atom. The number of amides is 4. The van der Waals surface area contributed by atoms with Gasteiger partial charge in [0.15, 0.2) is 0 Å². The van der Waals surface area contributed by atoms with Crippen molar-refractivity contribution in [1.29, 1.82) is 0 Å². The highest BCUT2D eigenvalue weighted by Crippen LogP contribution is 2.65. The van der Waals surface area contributed by atoms with Gasteiger partial charge >= 0.3 is 12.4 Å². The van der Waals surface area contributed by atoms with Crippen LogP contribution in [-0.4, -0.2) is 47.0 Å². The number of aliphatic hydroxyl groups excluding tert-OH is 1. The van der Waals surface area contributed by atoms with Gasteiger partial charge in [0.25, 0.3) is 11.8 Å². The van der Waals surface area contributed by atoms with E-state index in [4.69, 9.17) is 16.3 Å². The number of fused-ring (bicyclic) bond motifs is 4. The molecule has 6 atom stereocenters. The summed E-state index contributed by atoms with van der Waals surface area (Å²) in [7, 11) is 0. The molecule has 0 aromatic heterocycles. The molecule has 59 heavy (non-hydrogen) atoms. The average molecular weight is 842 g/mol. The number of hydrogen-bond acceptors (Lipinski definition) is 7. The van der Waals surface area contributed by atoms with E-state index < -0.39 is 100 Å². The molecule has 17 heteroatoms. The van der Waals surface area contributed by atoms with Gasteiger partial charge in [-0.1, -0.05) is 53.6 Å². The fraction of sp³-hybridized carbons (Fsp3) is 0.286. The minimum absolute atomic E-state index is 0.103. The summed E-state index contributed by atoms with van der Waals surface area (Å²) in [6, 6.07) is 18.1. The first-order valence-corrected chi connectivity index (χ1v) is 18.7. The number of para-hydroxylation sites is 1. The Labute approximate surface area is 336 Å². The second-order valence-corrected chi connectivity index (χ2v) is 15.2. The lowest BCUT2D eigenvalue weighted by molar-refractivity contribution is -0.143. The summed E-state index contributed by atoms with van der Waals surface area (Å²) in [5.74, 6) is -10.1. The molecule has 2 saturated heterocycles. The Kier molecular flexibility index (Phi) is 9.86. The van der Waals surface area contributed by atoms with Crippen LogP contribution in [0.4, 0.5) is 42.1 Å². The molecule has 0 unspecified atom stereocenters. The number of aliphatic hydroxyl groups is 1. The summed E-state index contributed by atoms with van der Waals surface area (Å²) in [4.78, 5) is 59.2. The zero-order valence-electron chi connectivity index (χ0n) is 30.4. The third kappa shape index (κ3) is 6.52. The molecule has 9 nitrogen and oxygen atoms in total. The Bertz CT molecular complexity index is 2370. The molecule has 2 aliphatic carbocycles. The second-order valence-electron chi connectivity index (χ2n) is 14.8. The molecular weight excluding hydrogens is 811 g/mol. The van der Waals surface area contributed by atoms with Crippen molar-refractivity contribution in [3.63, 3.8) is 0 Å². The monoisotopic (exact) mass is 841 g/mol. The molecule has 8 rings (SSSR count). The number of anilines is 2. The molecule has 2 heterocycles. The molecular formula is C42H31ClF7N3O6. The lowest BCUT2D eigenvalue weighted by atomic mass is 9.49. The molecule has 0 bridgehead atoms. The predicted molar refractivity (Wildman–Crippen MR) is 197 cm³/mol. The third-order valence-electron chi connectivity index (χ3n) is 11.7. The summed E-state index contributed by atoms with van der Waals surface area (Å²) in [5, 5.41) is 10.8. The highest BCUT2D eigenvalue weighted by Gasteiger charge is 2.70. The van der Waals surface area contributed by atoms with Gasteiger partial charge in [0.1, 0.15) is 18.2 Å². The van der Waals surface area contributed by atoms with Crippen molar-refractivity contribution in [3.05, 3.63) is 136 Å². The van der Waals surface area contributed by atoms with Crippen LogP contribution in [0.2, 0.25) is 5.02 Å². The summed E-state index contributed by atoms with van der Waals surface area (Å²) in [5.41, 5.74) is -2.11. The topological polar surface area (TPSA) is 116 Å². The normalized spacial score (nSPS) is 25.4. The Morgan fingerprint density at radius 1 is 0.814 bits per heavy atom. The SMILES string of the molecule is O=C1[C@@H]2C[C@@H]3C(=CC[C@@H]4C(=O)N(c5cc(C(F)(F)F)cc(C(F)(F)F)c5)C(=O)[C@@H]43)[C@H](c3ccccc3OCCO)[C@]2(c2ccc(Cl)cc2)C(=O)N1Nc1ccc(F)cc1. The van der Waals surface area contributed by atoms with Crippen LogP contribution in [0.1, 0.15) is 41.0 Å². The van der Waals surface area contributed by atoms with E-state index in [0.29, 0.717) is 38.8 Å². The maximum absolute atomic E-state index is 15.3. The van der Waals surface area contributed by atoms with Crippen molar-refractivity contribution in [2.24, 2.45) is 23.7 Å². The summed E-state index contributed by atoms with van der Waals surface area (Å²) in [6.07, 6.45) is -9.34. The van der Waals surface area contributed by atoms with Gasteiger partial charge in [-0.2, -0.15) is 31.4 Å². The van der Waals surface area contributed by atoms with Crippen LogP contribution in [0.25, 0.3) is 0 Å². The van der Waals surface area contributed by atoms with Gasteiger partial charge < -0.3 is 9.84 Å². The first-order valence-electron chi connectivity index (χ1n) is 18.3. The number of allylic oxidation sites excluding steroid dienone is 2. The summed E-state index contributed by atoms with van der Waals surface area (Å²) >= 11 is 6.32. The predicted octanol–water partition coefficient (Wildman–Crippen LogP) is 8.08. The number of ether oxygens (including phenoxy) is 1. The lowest BCUT2D eigenvalue weighted by Gasteiger charge is -2.50. The molecule has 3 fully saturated rings. The first-order chi connectivity index (χ1) is 28.0. The maximum atomic E-state index is 15.3. The Hall–Kier alpha value is -5.74. The van der Waals surface area contributed by atoms with E-state index in [1.54, 1.807) is 42.5 Å². The zero-order chi connectivity index (χ0) is 42.2. The van der Waals surface area contributed by atoms with E-state index in [0.717, 1.165) is 17.1 Å². The van der Waals surface area contributed by atoms with Crippen molar-refractivity contribution in [2.45, 2.75) is 36.5 Å². The second kappa shape index (κ2) is 14.5. The van der Waals surface area contributed by atoms with Gasteiger partial charge in [-0.05, 0) is 85.0 Å². The number of hydrazine groups is 1. The van der Waals surface area contributed by atoms with E-state index in [1.807, 2.05) is 0 Å². The van der Waals surface area contributed by atoms with Gasteiger partial charge in [0, 0.05) is 16.5 Å². The van der Waals surface area contributed by atoms with Crippen LogP contribution < -0.4 is 15.1 Å². The molecule has 4 aromatic carbocycles. The molecule has 1 saturated carbocycles. The van der Waals surface area contributed by atoms with E-state index >= 15 is 4.79 Å². The van der Waals surface area contributed by atoms with Crippen LogP contribution in [0.15, 0.2) is 103 Å². The van der Waals surface area contributed by atoms with E-state index in [1.165, 1.54) is 24.3 Å². The third-order valence-corrected chi connectivity index (χ3v) is 11.9. The number of carbonyl (C=O) groups is 4. The molecule has 2 aliphatic heterocycles. The van der Waals surface area contributed by atoms with Crippen LogP contribution in [0.5, 0.6) is 5.75 Å². The van der Waals surface area contributed by atoms with Crippen LogP contribution in [0, 0.1) is 29.5 Å². The number of hydrogen-bond donors (Lipinski definition) is 2. The van der Waals surface area contributed by atoms with Crippen LogP contribution in [0.3, 0.4) is 0 Å². The fourth-order valence-corrected chi connectivity index (χ4v) is 9.45. The molecule has 4 aliphatic rings. The highest BCUT2D eigenvalue weighted by atomic mass is 35.5. The number of benzene rings is 4. The molecule has 306 valence electrons. The lowest BCUT2D eigenvalue weighted by Crippen LogP contribution is -2.53. The summed E-state index contributed by atoms with van der Waals surface area (Å²) < 4.78 is 104. The molecule has 0 radical (unpaired) electrons. The first kappa shape index (κ1) is 40.1. The minimum Gasteiger partial charge on any atom is -0.491 e. The number of halogens is 8. The fourth-order valence-electron chi connectivity index (χ4n) is 9.33. The quantitative estimate of drug-likeness (QED) is 0.105. The van der Waals surface area contributed by atoms with E-state index in [2.05, 4.69) is 5.43 Å². The van der Waals surface area contributed by atoms with Crippen LogP contribution in [-0.2, 0) is 36.9 Å². The minimum atomic E-state index is -5.26. The molecule has 2 N–H and O–H groups in total. The molecule has 0 spiro atoms. The van der Waals surface area contributed by atoms with E-state index in [-0.39, 0.29) is 37.0 Å². The highest BCUT2D eigenvalue weighted by molar-refractivity contribution is 6.30. The Morgan fingerprint density at radius 3 is 2.08 bits per heavy atom. The maximum Gasteiger partial charge on any atom is 0.416 e. The van der Waals surface area contributed by atoms with Gasteiger partial charge in [0.05, 0.1) is 52.3 Å². The van der Waals surface area contributed by atoms with Gasteiger partial charge in [0.2, 0.25) is 11.8 Å². The van der Waals surface area contributed by atoms with Gasteiger partial charge in [-0.3, -0.25) is 24.6 Å². The molecule has 4 aromatic rings. The summed E-state index contributed by atoms with van der Waals surface area (Å²) in [6.45, 7) is -0.581. The van der Waals surface area contributed by atoms with Gasteiger partial charge in [-0.25, -0.2) is 9.29 Å². The zero-order valence-corrected chi connectivity index (χ0v) is 31.1. The smallest absolute Gasteiger partial charge is 0.416 e. The largest absolute Gasteiger partial charge is 0.491 e. The number of imide groups is 2. The van der Waals surface area contributed by atoms with Crippen molar-refractivity contribution >= 4 is 46.6 Å². The van der Waals surface area contributed by atoms with Crippen LogP contribution >= 0.6 is 11.6 Å².